The van der Waals surface area contributed by atoms with Crippen LogP contribution >= 0.6 is 11.3 Å². The Hall–Kier alpha value is -2.86. The van der Waals surface area contributed by atoms with Gasteiger partial charge in [0.15, 0.2) is 0 Å². The summed E-state index contributed by atoms with van der Waals surface area (Å²) >= 11 is 1.63. The smallest absolute Gasteiger partial charge is 0.319 e. The second kappa shape index (κ2) is 7.61. The van der Waals surface area contributed by atoms with Gasteiger partial charge in [-0.2, -0.15) is 11.3 Å². The van der Waals surface area contributed by atoms with Gasteiger partial charge in [0.05, 0.1) is 12.8 Å². The number of carbonyl (C=O) groups is 1. The van der Waals surface area contributed by atoms with E-state index in [0.29, 0.717) is 12.2 Å². The van der Waals surface area contributed by atoms with Crippen molar-refractivity contribution in [2.75, 3.05) is 12.4 Å². The topological polar surface area (TPSA) is 63.2 Å². The van der Waals surface area contributed by atoms with Gasteiger partial charge in [-0.15, -0.1) is 0 Å². The largest absolute Gasteiger partial charge is 0.497 e. The van der Waals surface area contributed by atoms with Crippen molar-refractivity contribution in [3.63, 3.8) is 0 Å². The number of aromatic nitrogens is 1. The van der Waals surface area contributed by atoms with Gasteiger partial charge >= 0.3 is 6.03 Å². The Kier molecular flexibility index (Phi) is 5.08. The molecule has 6 heteroatoms. The number of nitrogens with one attached hydrogen (secondary N) is 2. The number of rotatable bonds is 5. The van der Waals surface area contributed by atoms with E-state index in [4.69, 9.17) is 4.74 Å². The Morgan fingerprint density at radius 3 is 2.75 bits per heavy atom. The molecule has 5 nitrogen and oxygen atoms in total. The maximum Gasteiger partial charge on any atom is 0.319 e. The predicted molar refractivity (Wildman–Crippen MR) is 96.4 cm³/mol. The summed E-state index contributed by atoms with van der Waals surface area (Å²) in [7, 11) is 1.61. The van der Waals surface area contributed by atoms with Crippen molar-refractivity contribution in [3.05, 3.63) is 65.0 Å². The van der Waals surface area contributed by atoms with Gasteiger partial charge in [0.1, 0.15) is 5.75 Å². The van der Waals surface area contributed by atoms with Crippen LogP contribution in [0.15, 0.2) is 59.4 Å². The summed E-state index contributed by atoms with van der Waals surface area (Å²) in [5, 5.41) is 9.70. The van der Waals surface area contributed by atoms with Gasteiger partial charge in [-0.25, -0.2) is 4.79 Å². The van der Waals surface area contributed by atoms with E-state index in [1.165, 1.54) is 0 Å². The number of thiophene rings is 1. The molecule has 2 N–H and O–H groups in total. The number of ether oxygens (including phenoxy) is 1. The second-order valence-electron chi connectivity index (χ2n) is 5.10. The fourth-order valence-electron chi connectivity index (χ4n) is 2.18. The van der Waals surface area contributed by atoms with Crippen molar-refractivity contribution in [2.45, 2.75) is 6.54 Å². The van der Waals surface area contributed by atoms with Gasteiger partial charge in [0, 0.05) is 29.4 Å². The first kappa shape index (κ1) is 16.0. The van der Waals surface area contributed by atoms with Crippen LogP contribution in [0.25, 0.3) is 11.3 Å². The third-order valence-electron chi connectivity index (χ3n) is 3.44. The molecule has 0 saturated heterocycles. The lowest BCUT2D eigenvalue weighted by Crippen LogP contribution is -2.28. The minimum Gasteiger partial charge on any atom is -0.497 e. The number of pyridine rings is 1. The van der Waals surface area contributed by atoms with Crippen molar-refractivity contribution in [1.82, 2.24) is 10.3 Å². The number of benzene rings is 1. The van der Waals surface area contributed by atoms with Crippen LogP contribution < -0.4 is 15.4 Å². The summed E-state index contributed by atoms with van der Waals surface area (Å²) < 4.78 is 5.09. The summed E-state index contributed by atoms with van der Waals surface area (Å²) in [6, 6.07) is 12.8. The van der Waals surface area contributed by atoms with Gasteiger partial charge in [0.2, 0.25) is 0 Å². The molecule has 0 aliphatic heterocycles. The molecular weight excluding hydrogens is 322 g/mol. The number of hydrogen-bond donors (Lipinski definition) is 2. The number of anilines is 1. The van der Waals surface area contributed by atoms with Gasteiger partial charge in [-0.05, 0) is 53.4 Å². The number of carbonyl (C=O) groups excluding carboxylic acids is 1. The molecule has 0 spiro atoms. The lowest BCUT2D eigenvalue weighted by atomic mass is 10.1. The number of methoxy groups -OCH3 is 1. The zero-order valence-electron chi connectivity index (χ0n) is 13.2. The van der Waals surface area contributed by atoms with E-state index in [1.807, 2.05) is 23.6 Å². The quantitative estimate of drug-likeness (QED) is 0.734. The van der Waals surface area contributed by atoms with Crippen LogP contribution in [0.3, 0.4) is 0 Å². The number of urea groups is 1. The fraction of sp³-hybridized carbons (Fsp3) is 0.111. The molecule has 122 valence electrons. The van der Waals surface area contributed by atoms with Crippen molar-refractivity contribution >= 4 is 23.1 Å². The van der Waals surface area contributed by atoms with Crippen molar-refractivity contribution in [1.29, 1.82) is 0 Å². The monoisotopic (exact) mass is 339 g/mol. The lowest BCUT2D eigenvalue weighted by molar-refractivity contribution is 0.251. The van der Waals surface area contributed by atoms with E-state index < -0.39 is 0 Å². The second-order valence-corrected chi connectivity index (χ2v) is 5.88. The van der Waals surface area contributed by atoms with E-state index in [2.05, 4.69) is 21.0 Å². The number of hydrogen-bond acceptors (Lipinski definition) is 4. The van der Waals surface area contributed by atoms with E-state index in [9.17, 15) is 4.79 Å². The van der Waals surface area contributed by atoms with Crippen LogP contribution in [0.2, 0.25) is 0 Å². The van der Waals surface area contributed by atoms with Gasteiger partial charge in [-0.3, -0.25) is 4.98 Å². The fourth-order valence-corrected chi connectivity index (χ4v) is 2.83. The van der Waals surface area contributed by atoms with Gasteiger partial charge < -0.3 is 15.4 Å². The standard InChI is InChI=1S/C18H17N3O2S/c1-23-16-4-2-15(3-5-16)21-18(22)20-11-13-6-8-19-17(10-13)14-7-9-24-12-14/h2-10,12H,11H2,1H3,(H2,20,21,22). The molecule has 2 amide bonds. The molecule has 3 rings (SSSR count). The molecule has 24 heavy (non-hydrogen) atoms. The maximum absolute atomic E-state index is 12.0. The summed E-state index contributed by atoms with van der Waals surface area (Å²) in [5.41, 5.74) is 3.70. The Bertz CT molecular complexity index is 801. The van der Waals surface area contributed by atoms with Crippen LogP contribution in [-0.4, -0.2) is 18.1 Å². The summed E-state index contributed by atoms with van der Waals surface area (Å²) in [5.74, 6) is 0.749. The zero-order chi connectivity index (χ0) is 16.8. The minimum atomic E-state index is -0.255. The molecule has 0 aliphatic carbocycles. The zero-order valence-corrected chi connectivity index (χ0v) is 14.0. The average Bonchev–Trinajstić information content (AvgIpc) is 3.16. The molecule has 0 fully saturated rings. The highest BCUT2D eigenvalue weighted by atomic mass is 32.1. The third-order valence-corrected chi connectivity index (χ3v) is 4.13. The summed E-state index contributed by atoms with van der Waals surface area (Å²) in [4.78, 5) is 16.3. The summed E-state index contributed by atoms with van der Waals surface area (Å²) in [6.45, 7) is 0.432. The average molecular weight is 339 g/mol. The molecular formula is C18H17N3O2S. The SMILES string of the molecule is COc1ccc(NC(=O)NCc2ccnc(-c3ccsc3)c2)cc1. The van der Waals surface area contributed by atoms with Crippen LogP contribution in [0.5, 0.6) is 5.75 Å². The van der Waals surface area contributed by atoms with Crippen LogP contribution in [-0.2, 0) is 6.54 Å². The van der Waals surface area contributed by atoms with E-state index >= 15 is 0 Å². The molecule has 3 aromatic rings. The number of amides is 2. The Morgan fingerprint density at radius 2 is 2.04 bits per heavy atom. The van der Waals surface area contributed by atoms with Gasteiger partial charge in [-0.1, -0.05) is 0 Å². The van der Waals surface area contributed by atoms with E-state index in [0.717, 1.165) is 22.6 Å². The third kappa shape index (κ3) is 4.11. The first-order valence-corrected chi connectivity index (χ1v) is 8.35. The van der Waals surface area contributed by atoms with Crippen LogP contribution in [0, 0.1) is 0 Å². The Morgan fingerprint density at radius 1 is 1.21 bits per heavy atom. The Labute approximate surface area is 144 Å². The van der Waals surface area contributed by atoms with Crippen molar-refractivity contribution in [2.24, 2.45) is 0 Å². The van der Waals surface area contributed by atoms with Crippen LogP contribution in [0.1, 0.15) is 5.56 Å². The molecule has 0 saturated carbocycles. The Balaban J connectivity index is 1.57. The molecule has 0 unspecified atom stereocenters. The highest BCUT2D eigenvalue weighted by Gasteiger charge is 2.04. The van der Waals surface area contributed by atoms with E-state index in [-0.39, 0.29) is 6.03 Å². The highest BCUT2D eigenvalue weighted by Crippen LogP contribution is 2.20. The first-order valence-electron chi connectivity index (χ1n) is 7.41. The lowest BCUT2D eigenvalue weighted by Gasteiger charge is -2.09. The van der Waals surface area contributed by atoms with Gasteiger partial charge in [0.25, 0.3) is 0 Å². The summed E-state index contributed by atoms with van der Waals surface area (Å²) in [6.07, 6.45) is 1.76. The predicted octanol–water partition coefficient (Wildman–Crippen LogP) is 4.14. The maximum atomic E-state index is 12.0. The van der Waals surface area contributed by atoms with E-state index in [1.54, 1.807) is 48.9 Å². The van der Waals surface area contributed by atoms with Crippen molar-refractivity contribution in [3.8, 4) is 17.0 Å². The minimum absolute atomic E-state index is 0.255. The molecule has 0 atom stereocenters. The molecule has 0 radical (unpaired) electrons. The number of nitrogens with zero attached hydrogens (tertiary/aromatic N) is 1. The molecule has 0 aliphatic rings. The highest BCUT2D eigenvalue weighted by molar-refractivity contribution is 7.08. The molecule has 2 aromatic heterocycles. The molecule has 2 heterocycles. The van der Waals surface area contributed by atoms with Crippen LogP contribution in [0.4, 0.5) is 10.5 Å². The van der Waals surface area contributed by atoms with Crippen molar-refractivity contribution < 1.29 is 9.53 Å². The normalized spacial score (nSPS) is 10.2. The molecule has 0 bridgehead atoms. The first-order chi connectivity index (χ1) is 11.7. The molecule has 1 aromatic carbocycles.